The molecule has 17 heavy (non-hydrogen) atoms. The molecule has 88 valence electrons. The maximum Gasteiger partial charge on any atom is 0.0931 e. The summed E-state index contributed by atoms with van der Waals surface area (Å²) in [5.74, 6) is 0.445. The lowest BCUT2D eigenvalue weighted by molar-refractivity contribution is 0.574. The van der Waals surface area contributed by atoms with Gasteiger partial charge in [0.05, 0.1) is 4.34 Å². The van der Waals surface area contributed by atoms with Gasteiger partial charge in [-0.2, -0.15) is 0 Å². The van der Waals surface area contributed by atoms with Gasteiger partial charge >= 0.3 is 0 Å². The van der Waals surface area contributed by atoms with Gasteiger partial charge in [-0.1, -0.05) is 35.9 Å². The molecule has 0 fully saturated rings. The molecule has 2 N–H and O–H groups in total. The Kier molecular flexibility index (Phi) is 2.95. The third-order valence-corrected chi connectivity index (χ3v) is 4.73. The fourth-order valence-electron chi connectivity index (χ4n) is 2.65. The molecule has 3 rings (SSSR count). The van der Waals surface area contributed by atoms with Crippen LogP contribution in [0.15, 0.2) is 36.4 Å². The van der Waals surface area contributed by atoms with Gasteiger partial charge in [-0.15, -0.1) is 11.3 Å². The second-order valence-corrected chi connectivity index (χ2v) is 6.38. The smallest absolute Gasteiger partial charge is 0.0931 e. The number of thiophene rings is 1. The third kappa shape index (κ3) is 2.13. The van der Waals surface area contributed by atoms with Crippen LogP contribution in [-0.4, -0.2) is 6.04 Å². The first-order valence-corrected chi connectivity index (χ1v) is 7.01. The number of hydrogen-bond acceptors (Lipinski definition) is 2. The minimum Gasteiger partial charge on any atom is -0.327 e. The second-order valence-electron chi connectivity index (χ2n) is 4.58. The van der Waals surface area contributed by atoms with E-state index < -0.39 is 0 Å². The minimum absolute atomic E-state index is 0.244. The molecule has 0 amide bonds. The van der Waals surface area contributed by atoms with Crippen LogP contribution in [-0.2, 0) is 12.8 Å². The molecular formula is C14H14ClNS. The van der Waals surface area contributed by atoms with Crippen LogP contribution >= 0.6 is 22.9 Å². The van der Waals surface area contributed by atoms with Crippen LogP contribution in [0.4, 0.5) is 0 Å². The summed E-state index contributed by atoms with van der Waals surface area (Å²) in [5.41, 5.74) is 9.09. The Bertz CT molecular complexity index is 535. The molecule has 1 unspecified atom stereocenters. The van der Waals surface area contributed by atoms with Gasteiger partial charge in [-0.05, 0) is 36.1 Å². The van der Waals surface area contributed by atoms with E-state index in [0.29, 0.717) is 5.92 Å². The summed E-state index contributed by atoms with van der Waals surface area (Å²) in [6.45, 7) is 0. The number of nitrogens with two attached hydrogens (primary N) is 1. The second kappa shape index (κ2) is 4.45. The van der Waals surface area contributed by atoms with E-state index in [9.17, 15) is 0 Å². The Labute approximate surface area is 110 Å². The average Bonchev–Trinajstić information content (AvgIpc) is 2.85. The van der Waals surface area contributed by atoms with Crippen molar-refractivity contribution in [3.05, 3.63) is 56.7 Å². The summed E-state index contributed by atoms with van der Waals surface area (Å²) in [5, 5.41) is 0. The molecule has 1 aromatic heterocycles. The summed E-state index contributed by atoms with van der Waals surface area (Å²) in [6, 6.07) is 12.9. The lowest BCUT2D eigenvalue weighted by Gasteiger charge is -2.15. The van der Waals surface area contributed by atoms with Crippen LogP contribution < -0.4 is 5.73 Å². The van der Waals surface area contributed by atoms with Crippen molar-refractivity contribution < 1.29 is 0 Å². The van der Waals surface area contributed by atoms with Crippen molar-refractivity contribution >= 4 is 22.9 Å². The van der Waals surface area contributed by atoms with E-state index in [1.807, 2.05) is 6.07 Å². The molecule has 1 aliphatic carbocycles. The molecule has 1 aromatic carbocycles. The highest BCUT2D eigenvalue weighted by Gasteiger charge is 2.29. The van der Waals surface area contributed by atoms with Crippen molar-refractivity contribution in [2.45, 2.75) is 24.8 Å². The van der Waals surface area contributed by atoms with Gasteiger partial charge in [0, 0.05) is 16.8 Å². The normalized spacial score (nSPS) is 22.7. The summed E-state index contributed by atoms with van der Waals surface area (Å²) in [7, 11) is 0. The number of rotatable bonds is 2. The maximum atomic E-state index is 6.26. The van der Waals surface area contributed by atoms with E-state index in [1.165, 1.54) is 16.0 Å². The molecule has 0 radical (unpaired) electrons. The molecule has 2 aromatic rings. The van der Waals surface area contributed by atoms with Crippen molar-refractivity contribution in [3.63, 3.8) is 0 Å². The van der Waals surface area contributed by atoms with Crippen LogP contribution in [0.1, 0.15) is 21.9 Å². The maximum absolute atomic E-state index is 6.26. The van der Waals surface area contributed by atoms with Crippen LogP contribution in [0.5, 0.6) is 0 Å². The Balaban J connectivity index is 1.88. The predicted octanol–water partition coefficient (Wildman–Crippen LogP) is 3.61. The molecule has 0 saturated heterocycles. The van der Waals surface area contributed by atoms with Gasteiger partial charge in [-0.25, -0.2) is 0 Å². The Hall–Kier alpha value is -0.830. The number of fused-ring (bicyclic) bond motifs is 1. The lowest BCUT2D eigenvalue weighted by atomic mass is 9.94. The summed E-state index contributed by atoms with van der Waals surface area (Å²) < 4.78 is 0.861. The van der Waals surface area contributed by atoms with E-state index in [0.717, 1.165) is 17.2 Å². The van der Waals surface area contributed by atoms with Gasteiger partial charge in [0.25, 0.3) is 0 Å². The number of benzene rings is 1. The zero-order chi connectivity index (χ0) is 11.8. The predicted molar refractivity (Wildman–Crippen MR) is 73.9 cm³/mol. The van der Waals surface area contributed by atoms with Gasteiger partial charge < -0.3 is 5.73 Å². The first kappa shape index (κ1) is 11.3. The van der Waals surface area contributed by atoms with Crippen molar-refractivity contribution in [1.82, 2.24) is 0 Å². The van der Waals surface area contributed by atoms with E-state index >= 15 is 0 Å². The highest BCUT2D eigenvalue weighted by Crippen LogP contribution is 2.36. The van der Waals surface area contributed by atoms with E-state index in [4.69, 9.17) is 17.3 Å². The highest BCUT2D eigenvalue weighted by atomic mass is 35.5. The van der Waals surface area contributed by atoms with Crippen LogP contribution in [0.2, 0.25) is 4.34 Å². The standard InChI is InChI=1S/C14H14ClNS/c15-14-6-5-10(17-14)8-12-11-4-2-1-3-9(11)7-13(12)16/h1-6,12-13H,7-8,16H2/t12?,13-/m0/s1. The van der Waals surface area contributed by atoms with Gasteiger partial charge in [-0.3, -0.25) is 0 Å². The number of halogens is 1. The monoisotopic (exact) mass is 263 g/mol. The first-order valence-electron chi connectivity index (χ1n) is 5.81. The average molecular weight is 264 g/mol. The fraction of sp³-hybridized carbons (Fsp3) is 0.286. The fourth-order valence-corrected chi connectivity index (χ4v) is 3.79. The molecule has 0 saturated carbocycles. The van der Waals surface area contributed by atoms with Crippen molar-refractivity contribution in [3.8, 4) is 0 Å². The van der Waals surface area contributed by atoms with E-state index in [1.54, 1.807) is 11.3 Å². The van der Waals surface area contributed by atoms with Gasteiger partial charge in [0.1, 0.15) is 0 Å². The number of hydrogen-bond donors (Lipinski definition) is 1. The molecule has 0 aliphatic heterocycles. The molecular weight excluding hydrogens is 250 g/mol. The van der Waals surface area contributed by atoms with Crippen LogP contribution in [0, 0.1) is 0 Å². The van der Waals surface area contributed by atoms with Gasteiger partial charge in [0.2, 0.25) is 0 Å². The molecule has 1 aliphatic rings. The third-order valence-electron chi connectivity index (χ3n) is 3.48. The first-order chi connectivity index (χ1) is 8.24. The summed E-state index contributed by atoms with van der Waals surface area (Å²) in [4.78, 5) is 1.33. The summed E-state index contributed by atoms with van der Waals surface area (Å²) in [6.07, 6.45) is 2.01. The zero-order valence-electron chi connectivity index (χ0n) is 9.40. The van der Waals surface area contributed by atoms with Crippen molar-refractivity contribution in [2.24, 2.45) is 5.73 Å². The Morgan fingerprint density at radius 3 is 2.82 bits per heavy atom. The Morgan fingerprint density at radius 2 is 2.06 bits per heavy atom. The van der Waals surface area contributed by atoms with Crippen LogP contribution in [0.3, 0.4) is 0 Å². The van der Waals surface area contributed by atoms with E-state index in [2.05, 4.69) is 30.3 Å². The molecule has 3 heteroatoms. The molecule has 1 nitrogen and oxygen atoms in total. The topological polar surface area (TPSA) is 26.0 Å². The quantitative estimate of drug-likeness (QED) is 0.880. The van der Waals surface area contributed by atoms with Crippen molar-refractivity contribution in [2.75, 3.05) is 0 Å². The SMILES string of the molecule is N[C@H]1Cc2ccccc2C1Cc1ccc(Cl)s1. The highest BCUT2D eigenvalue weighted by molar-refractivity contribution is 7.16. The van der Waals surface area contributed by atoms with Gasteiger partial charge in [0.15, 0.2) is 0 Å². The summed E-state index contributed by atoms with van der Waals surface area (Å²) >= 11 is 7.63. The minimum atomic E-state index is 0.244. The lowest BCUT2D eigenvalue weighted by Crippen LogP contribution is -2.26. The van der Waals surface area contributed by atoms with E-state index in [-0.39, 0.29) is 6.04 Å². The molecule has 2 atom stereocenters. The zero-order valence-corrected chi connectivity index (χ0v) is 11.0. The Morgan fingerprint density at radius 1 is 1.24 bits per heavy atom. The van der Waals surface area contributed by atoms with Crippen molar-refractivity contribution in [1.29, 1.82) is 0 Å². The molecule has 0 spiro atoms. The largest absolute Gasteiger partial charge is 0.327 e. The molecule has 0 bridgehead atoms. The molecule has 1 heterocycles. The van der Waals surface area contributed by atoms with Crippen LogP contribution in [0.25, 0.3) is 0 Å².